The van der Waals surface area contributed by atoms with E-state index in [0.29, 0.717) is 6.04 Å². The SMILES string of the molecule is CC(C)C1CCCC(O)(C2CCCN2)C1. The van der Waals surface area contributed by atoms with Crippen LogP contribution < -0.4 is 5.32 Å². The maximum absolute atomic E-state index is 10.7. The van der Waals surface area contributed by atoms with Gasteiger partial charge in [0, 0.05) is 6.04 Å². The van der Waals surface area contributed by atoms with Crippen molar-refractivity contribution in [3.8, 4) is 0 Å². The quantitative estimate of drug-likeness (QED) is 0.734. The molecule has 0 bridgehead atoms. The molecule has 1 aliphatic heterocycles. The lowest BCUT2D eigenvalue weighted by atomic mass is 9.70. The number of nitrogens with one attached hydrogen (secondary N) is 1. The molecule has 2 heteroatoms. The summed E-state index contributed by atoms with van der Waals surface area (Å²) in [4.78, 5) is 0. The van der Waals surface area contributed by atoms with Gasteiger partial charge in [-0.2, -0.15) is 0 Å². The molecule has 3 atom stereocenters. The minimum Gasteiger partial charge on any atom is -0.388 e. The van der Waals surface area contributed by atoms with Gasteiger partial charge in [-0.3, -0.25) is 0 Å². The normalized spacial score (nSPS) is 42.4. The molecule has 1 aliphatic carbocycles. The third-order valence-corrected chi connectivity index (χ3v) is 4.45. The van der Waals surface area contributed by atoms with Crippen molar-refractivity contribution in [2.24, 2.45) is 11.8 Å². The molecule has 2 rings (SSSR count). The zero-order valence-electron chi connectivity index (χ0n) is 10.1. The fourth-order valence-electron chi connectivity index (χ4n) is 3.36. The van der Waals surface area contributed by atoms with Crippen molar-refractivity contribution in [2.45, 2.75) is 64.0 Å². The molecule has 88 valence electrons. The summed E-state index contributed by atoms with van der Waals surface area (Å²) < 4.78 is 0. The summed E-state index contributed by atoms with van der Waals surface area (Å²) in [5, 5.41) is 14.2. The second-order valence-electron chi connectivity index (χ2n) is 5.85. The Kier molecular flexibility index (Phi) is 3.36. The highest BCUT2D eigenvalue weighted by atomic mass is 16.3. The molecule has 1 heterocycles. The van der Waals surface area contributed by atoms with E-state index in [-0.39, 0.29) is 0 Å². The van der Waals surface area contributed by atoms with Gasteiger partial charge in [0.05, 0.1) is 5.60 Å². The summed E-state index contributed by atoms with van der Waals surface area (Å²) in [6, 6.07) is 0.374. The second kappa shape index (κ2) is 4.42. The van der Waals surface area contributed by atoms with E-state index in [1.54, 1.807) is 0 Å². The van der Waals surface area contributed by atoms with Crippen LogP contribution in [0.15, 0.2) is 0 Å². The van der Waals surface area contributed by atoms with Crippen LogP contribution in [0.5, 0.6) is 0 Å². The van der Waals surface area contributed by atoms with Crippen LogP contribution in [0.25, 0.3) is 0 Å². The van der Waals surface area contributed by atoms with E-state index in [0.717, 1.165) is 31.2 Å². The Hall–Kier alpha value is -0.0800. The fraction of sp³-hybridized carbons (Fsp3) is 1.00. The number of hydrogen-bond acceptors (Lipinski definition) is 2. The molecule has 2 fully saturated rings. The average molecular weight is 211 g/mol. The Morgan fingerprint density at radius 3 is 2.67 bits per heavy atom. The van der Waals surface area contributed by atoms with Crippen LogP contribution in [-0.4, -0.2) is 23.3 Å². The summed E-state index contributed by atoms with van der Waals surface area (Å²) >= 11 is 0. The highest BCUT2D eigenvalue weighted by molar-refractivity contribution is 4.98. The minimum absolute atomic E-state index is 0.374. The Bertz CT molecular complexity index is 211. The molecule has 3 unspecified atom stereocenters. The van der Waals surface area contributed by atoms with Crippen molar-refractivity contribution in [3.05, 3.63) is 0 Å². The van der Waals surface area contributed by atoms with Gasteiger partial charge in [0.1, 0.15) is 0 Å². The number of rotatable bonds is 2. The van der Waals surface area contributed by atoms with Crippen LogP contribution in [0.1, 0.15) is 52.4 Å². The molecule has 0 radical (unpaired) electrons. The van der Waals surface area contributed by atoms with Crippen LogP contribution in [0, 0.1) is 11.8 Å². The third-order valence-electron chi connectivity index (χ3n) is 4.45. The van der Waals surface area contributed by atoms with Gasteiger partial charge in [0.25, 0.3) is 0 Å². The van der Waals surface area contributed by atoms with Crippen molar-refractivity contribution >= 4 is 0 Å². The first-order valence-corrected chi connectivity index (χ1v) is 6.57. The van der Waals surface area contributed by atoms with E-state index >= 15 is 0 Å². The largest absolute Gasteiger partial charge is 0.388 e. The van der Waals surface area contributed by atoms with Crippen LogP contribution >= 0.6 is 0 Å². The number of aliphatic hydroxyl groups is 1. The second-order valence-corrected chi connectivity index (χ2v) is 5.85. The zero-order valence-corrected chi connectivity index (χ0v) is 10.1. The van der Waals surface area contributed by atoms with Gasteiger partial charge >= 0.3 is 0 Å². The Morgan fingerprint density at radius 2 is 2.07 bits per heavy atom. The summed E-state index contributed by atoms with van der Waals surface area (Å²) in [6.07, 6.45) is 6.95. The van der Waals surface area contributed by atoms with E-state index in [4.69, 9.17) is 0 Å². The standard InChI is InChI=1S/C13H25NO/c1-10(2)11-5-3-7-13(15,9-11)12-6-4-8-14-12/h10-12,14-15H,3-9H2,1-2H3. The minimum atomic E-state index is -0.399. The monoisotopic (exact) mass is 211 g/mol. The molecule has 0 aromatic rings. The maximum atomic E-state index is 10.7. The van der Waals surface area contributed by atoms with Crippen molar-refractivity contribution < 1.29 is 5.11 Å². The molecule has 0 aromatic heterocycles. The fourth-order valence-corrected chi connectivity index (χ4v) is 3.36. The zero-order chi connectivity index (χ0) is 10.9. The van der Waals surface area contributed by atoms with Crippen molar-refractivity contribution in [2.75, 3.05) is 6.54 Å². The highest BCUT2D eigenvalue weighted by Crippen LogP contribution is 2.40. The summed E-state index contributed by atoms with van der Waals surface area (Å²) in [7, 11) is 0. The molecule has 2 aliphatic rings. The number of hydrogen-bond donors (Lipinski definition) is 2. The smallest absolute Gasteiger partial charge is 0.0802 e. The third kappa shape index (κ3) is 2.36. The highest BCUT2D eigenvalue weighted by Gasteiger charge is 2.42. The Labute approximate surface area is 93.5 Å². The van der Waals surface area contributed by atoms with Crippen molar-refractivity contribution in [1.82, 2.24) is 5.32 Å². The first kappa shape index (κ1) is 11.4. The topological polar surface area (TPSA) is 32.3 Å². The van der Waals surface area contributed by atoms with Gasteiger partial charge in [0.15, 0.2) is 0 Å². The van der Waals surface area contributed by atoms with E-state index in [2.05, 4.69) is 19.2 Å². The molecule has 0 aromatic carbocycles. The van der Waals surface area contributed by atoms with E-state index < -0.39 is 5.60 Å². The predicted molar refractivity (Wildman–Crippen MR) is 62.8 cm³/mol. The Balaban J connectivity index is 2.00. The first-order chi connectivity index (χ1) is 7.12. The van der Waals surface area contributed by atoms with Crippen molar-refractivity contribution in [3.63, 3.8) is 0 Å². The van der Waals surface area contributed by atoms with Crippen molar-refractivity contribution in [1.29, 1.82) is 0 Å². The van der Waals surface area contributed by atoms with Gasteiger partial charge in [-0.15, -0.1) is 0 Å². The van der Waals surface area contributed by atoms with Gasteiger partial charge in [0.2, 0.25) is 0 Å². The first-order valence-electron chi connectivity index (χ1n) is 6.57. The lowest BCUT2D eigenvalue weighted by Crippen LogP contribution is -2.51. The van der Waals surface area contributed by atoms with E-state index in [9.17, 15) is 5.11 Å². The molecule has 15 heavy (non-hydrogen) atoms. The Morgan fingerprint density at radius 1 is 1.27 bits per heavy atom. The maximum Gasteiger partial charge on any atom is 0.0802 e. The molecule has 1 saturated heterocycles. The van der Waals surface area contributed by atoms with Crippen LogP contribution in [0.3, 0.4) is 0 Å². The summed E-state index contributed by atoms with van der Waals surface area (Å²) in [6.45, 7) is 5.68. The van der Waals surface area contributed by atoms with Crippen LogP contribution in [-0.2, 0) is 0 Å². The lowest BCUT2D eigenvalue weighted by molar-refractivity contribution is -0.0495. The van der Waals surface area contributed by atoms with Gasteiger partial charge < -0.3 is 10.4 Å². The molecule has 2 nitrogen and oxygen atoms in total. The molecule has 2 N–H and O–H groups in total. The molecular formula is C13H25NO. The molecular weight excluding hydrogens is 186 g/mol. The summed E-state index contributed by atoms with van der Waals surface area (Å²) in [5.74, 6) is 1.45. The molecule has 1 saturated carbocycles. The molecule has 0 spiro atoms. The van der Waals surface area contributed by atoms with Crippen LogP contribution in [0.2, 0.25) is 0 Å². The lowest BCUT2D eigenvalue weighted by Gasteiger charge is -2.42. The van der Waals surface area contributed by atoms with Gasteiger partial charge in [-0.25, -0.2) is 0 Å². The predicted octanol–water partition coefficient (Wildman–Crippen LogP) is 2.32. The van der Waals surface area contributed by atoms with Gasteiger partial charge in [-0.05, 0) is 50.5 Å². The average Bonchev–Trinajstić information content (AvgIpc) is 2.71. The molecule has 0 amide bonds. The van der Waals surface area contributed by atoms with Crippen LogP contribution in [0.4, 0.5) is 0 Å². The van der Waals surface area contributed by atoms with E-state index in [1.165, 1.54) is 25.7 Å². The van der Waals surface area contributed by atoms with E-state index in [1.807, 2.05) is 0 Å². The van der Waals surface area contributed by atoms with Gasteiger partial charge in [-0.1, -0.05) is 20.3 Å². The summed E-state index contributed by atoms with van der Waals surface area (Å²) in [5.41, 5.74) is -0.399.